The molecule has 0 aliphatic carbocycles. The largest absolute Gasteiger partial charge is 0.368 e. The molecule has 0 radical (unpaired) electrons. The second kappa shape index (κ2) is 8.60. The maximum absolute atomic E-state index is 13.0. The van der Waals surface area contributed by atoms with Crippen molar-refractivity contribution >= 4 is 23.3 Å². The second-order valence-corrected chi connectivity index (χ2v) is 6.55. The first-order chi connectivity index (χ1) is 11.9. The number of piperazine rings is 1. The van der Waals surface area contributed by atoms with Crippen LogP contribution in [-0.4, -0.2) is 55.2 Å². The first-order valence-corrected chi connectivity index (χ1v) is 8.46. The van der Waals surface area contributed by atoms with Gasteiger partial charge in [-0.15, -0.1) is 0 Å². The molecule has 1 aromatic carbocycles. The molecule has 1 aliphatic heterocycles. The molecule has 1 aromatic rings. The van der Waals surface area contributed by atoms with Gasteiger partial charge in [-0.05, 0) is 30.2 Å². The zero-order valence-electron chi connectivity index (χ0n) is 14.6. The van der Waals surface area contributed by atoms with Crippen molar-refractivity contribution in [2.45, 2.75) is 20.3 Å². The van der Waals surface area contributed by atoms with Gasteiger partial charge in [0.2, 0.25) is 11.7 Å². The van der Waals surface area contributed by atoms with Crippen LogP contribution in [0.3, 0.4) is 0 Å². The van der Waals surface area contributed by atoms with Crippen molar-refractivity contribution in [3.63, 3.8) is 0 Å². The van der Waals surface area contributed by atoms with E-state index >= 15 is 0 Å². The maximum Gasteiger partial charge on any atom is 0.287 e. The van der Waals surface area contributed by atoms with Gasteiger partial charge in [0.1, 0.15) is 5.82 Å². The average molecular weight is 349 g/mol. The summed E-state index contributed by atoms with van der Waals surface area (Å²) in [6.07, 6.45) is 0.177. The Kier molecular flexibility index (Phi) is 6.50. The highest BCUT2D eigenvalue weighted by Gasteiger charge is 2.22. The molecule has 0 unspecified atom stereocenters. The highest BCUT2D eigenvalue weighted by atomic mass is 19.1. The summed E-state index contributed by atoms with van der Waals surface area (Å²) >= 11 is 0. The number of carbonyl (C=O) groups is 3. The number of halogens is 1. The molecule has 0 saturated carbocycles. The Hall–Kier alpha value is -2.44. The Morgan fingerprint density at radius 3 is 2.24 bits per heavy atom. The number of Topliss-reactive ketones (excluding diaryl/α,β-unsaturated/α-hetero) is 1. The van der Waals surface area contributed by atoms with Crippen LogP contribution in [0.2, 0.25) is 0 Å². The van der Waals surface area contributed by atoms with Crippen molar-refractivity contribution in [1.29, 1.82) is 0 Å². The second-order valence-electron chi connectivity index (χ2n) is 6.55. The Bertz CT molecular complexity index is 623. The van der Waals surface area contributed by atoms with E-state index in [1.165, 1.54) is 12.1 Å². The van der Waals surface area contributed by atoms with Crippen molar-refractivity contribution in [2.24, 2.45) is 5.92 Å². The topological polar surface area (TPSA) is 69.7 Å². The lowest BCUT2D eigenvalue weighted by Crippen LogP contribution is -2.51. The predicted molar refractivity (Wildman–Crippen MR) is 92.7 cm³/mol. The number of amides is 2. The molecular weight excluding hydrogens is 325 g/mol. The molecular formula is C18H24FN3O3. The minimum Gasteiger partial charge on any atom is -0.368 e. The first-order valence-electron chi connectivity index (χ1n) is 8.46. The Morgan fingerprint density at radius 1 is 1.08 bits per heavy atom. The van der Waals surface area contributed by atoms with E-state index in [4.69, 9.17) is 0 Å². The molecule has 6 nitrogen and oxygen atoms in total. The van der Waals surface area contributed by atoms with Gasteiger partial charge in [0.05, 0.1) is 6.54 Å². The van der Waals surface area contributed by atoms with E-state index in [2.05, 4.69) is 10.2 Å². The molecule has 7 heteroatoms. The third-order valence-electron chi connectivity index (χ3n) is 4.07. The number of anilines is 1. The van der Waals surface area contributed by atoms with E-state index < -0.39 is 11.7 Å². The van der Waals surface area contributed by atoms with Crippen LogP contribution in [0.1, 0.15) is 20.3 Å². The number of benzene rings is 1. The van der Waals surface area contributed by atoms with Crippen LogP contribution in [0, 0.1) is 11.7 Å². The van der Waals surface area contributed by atoms with E-state index in [0.717, 1.165) is 5.69 Å². The zero-order valence-corrected chi connectivity index (χ0v) is 14.6. The van der Waals surface area contributed by atoms with Gasteiger partial charge in [-0.1, -0.05) is 13.8 Å². The van der Waals surface area contributed by atoms with E-state index in [9.17, 15) is 18.8 Å². The van der Waals surface area contributed by atoms with Crippen molar-refractivity contribution in [1.82, 2.24) is 10.2 Å². The average Bonchev–Trinajstić information content (AvgIpc) is 2.59. The maximum atomic E-state index is 13.0. The van der Waals surface area contributed by atoms with Crippen molar-refractivity contribution in [3.05, 3.63) is 30.1 Å². The lowest BCUT2D eigenvalue weighted by atomic mass is 10.1. The summed E-state index contributed by atoms with van der Waals surface area (Å²) in [5.41, 5.74) is 0.918. The number of ketones is 1. The Balaban J connectivity index is 1.76. The van der Waals surface area contributed by atoms with Crippen LogP contribution < -0.4 is 10.2 Å². The van der Waals surface area contributed by atoms with E-state index in [1.54, 1.807) is 17.0 Å². The number of nitrogens with one attached hydrogen (secondary N) is 1. The van der Waals surface area contributed by atoms with E-state index in [0.29, 0.717) is 26.2 Å². The van der Waals surface area contributed by atoms with Gasteiger partial charge in [-0.3, -0.25) is 14.4 Å². The van der Waals surface area contributed by atoms with Crippen LogP contribution >= 0.6 is 0 Å². The molecule has 1 saturated heterocycles. The summed E-state index contributed by atoms with van der Waals surface area (Å²) in [5.74, 6) is -1.57. The SMILES string of the molecule is CC(C)CC(=O)C(=O)NCC(=O)N1CCN(c2ccc(F)cc2)CC1. The monoisotopic (exact) mass is 349 g/mol. The fourth-order valence-corrected chi connectivity index (χ4v) is 2.70. The molecule has 25 heavy (non-hydrogen) atoms. The molecule has 0 atom stereocenters. The van der Waals surface area contributed by atoms with E-state index in [1.807, 2.05) is 13.8 Å². The van der Waals surface area contributed by atoms with Gasteiger partial charge in [0, 0.05) is 38.3 Å². The fraction of sp³-hybridized carbons (Fsp3) is 0.500. The van der Waals surface area contributed by atoms with Crippen LogP contribution in [0.4, 0.5) is 10.1 Å². The normalized spacial score (nSPS) is 14.6. The summed E-state index contributed by atoms with van der Waals surface area (Å²) in [6, 6.07) is 6.26. The summed E-state index contributed by atoms with van der Waals surface area (Å²) in [4.78, 5) is 39.2. The highest BCUT2D eigenvalue weighted by Crippen LogP contribution is 2.16. The van der Waals surface area contributed by atoms with E-state index in [-0.39, 0.29) is 30.6 Å². The molecule has 1 aliphatic rings. The molecule has 1 fully saturated rings. The molecule has 2 rings (SSSR count). The fourth-order valence-electron chi connectivity index (χ4n) is 2.70. The first kappa shape index (κ1) is 18.9. The minimum absolute atomic E-state index is 0.105. The van der Waals surface area contributed by atoms with Gasteiger partial charge < -0.3 is 15.1 Å². The summed E-state index contributed by atoms with van der Waals surface area (Å²) < 4.78 is 13.0. The molecule has 136 valence electrons. The smallest absolute Gasteiger partial charge is 0.287 e. The number of hydrogen-bond donors (Lipinski definition) is 1. The summed E-state index contributed by atoms with van der Waals surface area (Å²) in [5, 5.41) is 2.40. The molecule has 0 bridgehead atoms. The zero-order chi connectivity index (χ0) is 18.4. The third-order valence-corrected chi connectivity index (χ3v) is 4.07. The molecule has 2 amide bonds. The van der Waals surface area contributed by atoms with Crippen LogP contribution in [0.25, 0.3) is 0 Å². The van der Waals surface area contributed by atoms with Gasteiger partial charge in [0.25, 0.3) is 5.91 Å². The Morgan fingerprint density at radius 2 is 1.68 bits per heavy atom. The third kappa shape index (κ3) is 5.55. The molecule has 0 spiro atoms. The van der Waals surface area contributed by atoms with Gasteiger partial charge in [-0.2, -0.15) is 0 Å². The van der Waals surface area contributed by atoms with Gasteiger partial charge in [-0.25, -0.2) is 4.39 Å². The number of nitrogens with zero attached hydrogens (tertiary/aromatic N) is 2. The van der Waals surface area contributed by atoms with Crippen LogP contribution in [-0.2, 0) is 14.4 Å². The number of carbonyl (C=O) groups excluding carboxylic acids is 3. The quantitative estimate of drug-likeness (QED) is 0.784. The van der Waals surface area contributed by atoms with Crippen LogP contribution in [0.15, 0.2) is 24.3 Å². The lowest BCUT2D eigenvalue weighted by molar-refractivity contribution is -0.140. The van der Waals surface area contributed by atoms with Crippen molar-refractivity contribution in [3.8, 4) is 0 Å². The Labute approximate surface area is 147 Å². The minimum atomic E-state index is -0.702. The summed E-state index contributed by atoms with van der Waals surface area (Å²) in [7, 11) is 0. The molecule has 1 heterocycles. The standard InChI is InChI=1S/C18H24FN3O3/c1-13(2)11-16(23)18(25)20-12-17(24)22-9-7-21(8-10-22)15-5-3-14(19)4-6-15/h3-6,13H,7-12H2,1-2H3,(H,20,25). The van der Waals surface area contributed by atoms with Crippen LogP contribution in [0.5, 0.6) is 0 Å². The predicted octanol–water partition coefficient (Wildman–Crippen LogP) is 1.21. The van der Waals surface area contributed by atoms with Gasteiger partial charge >= 0.3 is 0 Å². The summed E-state index contributed by atoms with van der Waals surface area (Å²) in [6.45, 7) is 5.86. The lowest BCUT2D eigenvalue weighted by Gasteiger charge is -2.36. The number of rotatable bonds is 6. The molecule has 0 aromatic heterocycles. The number of hydrogen-bond acceptors (Lipinski definition) is 4. The van der Waals surface area contributed by atoms with Crippen molar-refractivity contribution in [2.75, 3.05) is 37.6 Å². The highest BCUT2D eigenvalue weighted by molar-refractivity contribution is 6.36. The van der Waals surface area contributed by atoms with Gasteiger partial charge in [0.15, 0.2) is 0 Å². The van der Waals surface area contributed by atoms with Crippen molar-refractivity contribution < 1.29 is 18.8 Å². The molecule has 1 N–H and O–H groups in total.